The van der Waals surface area contributed by atoms with E-state index in [0.29, 0.717) is 18.2 Å². The van der Waals surface area contributed by atoms with Crippen LogP contribution in [0, 0.1) is 20.8 Å². The van der Waals surface area contributed by atoms with E-state index in [9.17, 15) is 0 Å². The van der Waals surface area contributed by atoms with Gasteiger partial charge in [0.15, 0.2) is 0 Å². The standard InChI is InChI=1S/C10H14N4O2.C7H8/c1-5(11)10-13-12-9(15-10)4-8-6(2)14-16-7(8)3;1-7-5-3-2-4-6-7/h5H,4,11H2,1-3H3;2-6H,1H3/t5-;/m0./s1. The van der Waals surface area contributed by atoms with Crippen molar-refractivity contribution in [3.05, 3.63) is 64.7 Å². The molecule has 0 saturated heterocycles. The monoisotopic (exact) mass is 314 g/mol. The third-order valence-corrected chi connectivity index (χ3v) is 3.32. The number of benzene rings is 1. The third kappa shape index (κ3) is 4.75. The molecule has 6 heteroatoms. The quantitative estimate of drug-likeness (QED) is 0.797. The molecule has 0 aliphatic heterocycles. The SMILES string of the molecule is Cc1ccccc1.Cc1noc(C)c1Cc1nnc([C@H](C)N)o1. The van der Waals surface area contributed by atoms with Gasteiger partial charge in [0.1, 0.15) is 5.76 Å². The average molecular weight is 314 g/mol. The van der Waals surface area contributed by atoms with E-state index < -0.39 is 0 Å². The highest BCUT2D eigenvalue weighted by Crippen LogP contribution is 2.17. The second kappa shape index (κ2) is 7.69. The van der Waals surface area contributed by atoms with Crippen LogP contribution in [0.15, 0.2) is 39.3 Å². The van der Waals surface area contributed by atoms with Gasteiger partial charge in [0.25, 0.3) is 0 Å². The summed E-state index contributed by atoms with van der Waals surface area (Å²) in [5.74, 6) is 1.75. The number of rotatable bonds is 3. The van der Waals surface area contributed by atoms with Crippen molar-refractivity contribution >= 4 is 0 Å². The van der Waals surface area contributed by atoms with Gasteiger partial charge in [-0.05, 0) is 27.7 Å². The predicted octanol–water partition coefficient (Wildman–Crippen LogP) is 3.28. The van der Waals surface area contributed by atoms with Crippen LogP contribution in [0.2, 0.25) is 0 Å². The molecule has 3 aromatic rings. The molecule has 1 atom stereocenters. The zero-order chi connectivity index (χ0) is 16.8. The second-order valence-corrected chi connectivity index (χ2v) is 5.46. The van der Waals surface area contributed by atoms with Crippen LogP contribution in [0.3, 0.4) is 0 Å². The van der Waals surface area contributed by atoms with Crippen molar-refractivity contribution in [2.24, 2.45) is 5.73 Å². The van der Waals surface area contributed by atoms with Gasteiger partial charge in [0, 0.05) is 5.56 Å². The largest absolute Gasteiger partial charge is 0.423 e. The van der Waals surface area contributed by atoms with Crippen LogP contribution < -0.4 is 5.73 Å². The maximum Gasteiger partial charge on any atom is 0.232 e. The summed E-state index contributed by atoms with van der Waals surface area (Å²) in [7, 11) is 0. The van der Waals surface area contributed by atoms with Crippen LogP contribution in [-0.2, 0) is 6.42 Å². The minimum atomic E-state index is -0.245. The Hall–Kier alpha value is -2.47. The van der Waals surface area contributed by atoms with Gasteiger partial charge in [-0.3, -0.25) is 0 Å². The Labute approximate surface area is 135 Å². The number of aryl methyl sites for hydroxylation is 3. The minimum Gasteiger partial charge on any atom is -0.423 e. The molecular formula is C17H22N4O2. The van der Waals surface area contributed by atoms with Gasteiger partial charge in [-0.2, -0.15) is 0 Å². The topological polar surface area (TPSA) is 91.0 Å². The summed E-state index contributed by atoms with van der Waals surface area (Å²) >= 11 is 0. The number of aromatic nitrogens is 3. The Morgan fingerprint density at radius 1 is 1.09 bits per heavy atom. The van der Waals surface area contributed by atoms with Gasteiger partial charge in [-0.25, -0.2) is 0 Å². The molecule has 2 N–H and O–H groups in total. The van der Waals surface area contributed by atoms with Crippen molar-refractivity contribution in [3.63, 3.8) is 0 Å². The number of nitrogens with two attached hydrogens (primary N) is 1. The summed E-state index contributed by atoms with van der Waals surface area (Å²) < 4.78 is 10.5. The molecule has 23 heavy (non-hydrogen) atoms. The lowest BCUT2D eigenvalue weighted by Crippen LogP contribution is -2.04. The van der Waals surface area contributed by atoms with E-state index in [1.807, 2.05) is 32.0 Å². The van der Waals surface area contributed by atoms with E-state index in [-0.39, 0.29) is 6.04 Å². The molecular weight excluding hydrogens is 292 g/mol. The Balaban J connectivity index is 0.000000229. The second-order valence-electron chi connectivity index (χ2n) is 5.46. The van der Waals surface area contributed by atoms with Crippen molar-refractivity contribution in [3.8, 4) is 0 Å². The van der Waals surface area contributed by atoms with E-state index in [1.165, 1.54) is 5.56 Å². The van der Waals surface area contributed by atoms with Crippen molar-refractivity contribution < 1.29 is 8.94 Å². The molecule has 1 aromatic carbocycles. The van der Waals surface area contributed by atoms with Gasteiger partial charge in [0.2, 0.25) is 11.8 Å². The zero-order valence-corrected chi connectivity index (χ0v) is 13.9. The number of nitrogens with zero attached hydrogens (tertiary/aromatic N) is 3. The zero-order valence-electron chi connectivity index (χ0n) is 13.9. The summed E-state index contributed by atoms with van der Waals surface area (Å²) in [6.45, 7) is 7.63. The Morgan fingerprint density at radius 2 is 1.78 bits per heavy atom. The molecule has 0 spiro atoms. The Bertz CT molecular complexity index is 713. The first-order valence-corrected chi connectivity index (χ1v) is 7.48. The fourth-order valence-corrected chi connectivity index (χ4v) is 1.96. The first-order valence-electron chi connectivity index (χ1n) is 7.48. The molecule has 0 radical (unpaired) electrons. The summed E-state index contributed by atoms with van der Waals surface area (Å²) in [5, 5.41) is 11.7. The highest BCUT2D eigenvalue weighted by Gasteiger charge is 2.15. The highest BCUT2D eigenvalue weighted by atomic mass is 16.5. The van der Waals surface area contributed by atoms with E-state index in [2.05, 4.69) is 34.4 Å². The van der Waals surface area contributed by atoms with E-state index in [0.717, 1.165) is 17.0 Å². The lowest BCUT2D eigenvalue weighted by atomic mass is 10.1. The molecule has 0 aliphatic rings. The van der Waals surface area contributed by atoms with E-state index >= 15 is 0 Å². The number of hydrogen-bond acceptors (Lipinski definition) is 6. The lowest BCUT2D eigenvalue weighted by Gasteiger charge is -1.96. The summed E-state index contributed by atoms with van der Waals surface area (Å²) in [4.78, 5) is 0. The number of hydrogen-bond donors (Lipinski definition) is 1. The van der Waals surface area contributed by atoms with Gasteiger partial charge < -0.3 is 14.7 Å². The van der Waals surface area contributed by atoms with Crippen LogP contribution in [0.5, 0.6) is 0 Å². The summed E-state index contributed by atoms with van der Waals surface area (Å²) in [5.41, 5.74) is 8.79. The molecule has 122 valence electrons. The van der Waals surface area contributed by atoms with Crippen molar-refractivity contribution in [1.82, 2.24) is 15.4 Å². The van der Waals surface area contributed by atoms with Gasteiger partial charge in [-0.15, -0.1) is 10.2 Å². The maximum absolute atomic E-state index is 5.63. The average Bonchev–Trinajstić information content (AvgIpc) is 3.11. The first kappa shape index (κ1) is 16.9. The molecule has 0 aliphatic carbocycles. The van der Waals surface area contributed by atoms with Crippen LogP contribution in [0.4, 0.5) is 0 Å². The molecule has 0 bridgehead atoms. The molecule has 2 heterocycles. The smallest absolute Gasteiger partial charge is 0.232 e. The van der Waals surface area contributed by atoms with Crippen molar-refractivity contribution in [2.75, 3.05) is 0 Å². The third-order valence-electron chi connectivity index (χ3n) is 3.32. The Morgan fingerprint density at radius 3 is 2.22 bits per heavy atom. The molecule has 0 saturated carbocycles. The molecule has 2 aromatic heterocycles. The van der Waals surface area contributed by atoms with Crippen molar-refractivity contribution in [1.29, 1.82) is 0 Å². The fraction of sp³-hybridized carbons (Fsp3) is 0.353. The van der Waals surface area contributed by atoms with Crippen LogP contribution >= 0.6 is 0 Å². The summed E-state index contributed by atoms with van der Waals surface area (Å²) in [6.07, 6.45) is 0.529. The van der Waals surface area contributed by atoms with Crippen molar-refractivity contribution in [2.45, 2.75) is 40.2 Å². The molecule has 0 amide bonds. The first-order chi connectivity index (χ1) is 11.0. The molecule has 0 fully saturated rings. The Kier molecular flexibility index (Phi) is 5.65. The highest BCUT2D eigenvalue weighted by molar-refractivity contribution is 5.23. The van der Waals surface area contributed by atoms with E-state index in [4.69, 9.17) is 14.7 Å². The molecule has 6 nitrogen and oxygen atoms in total. The lowest BCUT2D eigenvalue weighted by molar-refractivity contribution is 0.391. The van der Waals surface area contributed by atoms with E-state index in [1.54, 1.807) is 6.92 Å². The maximum atomic E-state index is 5.63. The predicted molar refractivity (Wildman–Crippen MR) is 86.9 cm³/mol. The van der Waals surface area contributed by atoms with Gasteiger partial charge in [-0.1, -0.05) is 41.1 Å². The van der Waals surface area contributed by atoms with Crippen LogP contribution in [0.25, 0.3) is 0 Å². The van der Waals surface area contributed by atoms with Gasteiger partial charge in [0.05, 0.1) is 18.2 Å². The molecule has 0 unspecified atom stereocenters. The van der Waals surface area contributed by atoms with Crippen LogP contribution in [-0.4, -0.2) is 15.4 Å². The normalized spacial score (nSPS) is 11.7. The fourth-order valence-electron chi connectivity index (χ4n) is 1.96. The summed E-state index contributed by atoms with van der Waals surface area (Å²) in [6, 6.07) is 10.0. The van der Waals surface area contributed by atoms with Gasteiger partial charge >= 0.3 is 0 Å². The van der Waals surface area contributed by atoms with Crippen LogP contribution in [0.1, 0.15) is 47.3 Å². The molecule has 3 rings (SSSR count). The minimum absolute atomic E-state index is 0.245.